The number of rotatable bonds is 8. The minimum atomic E-state index is -4.31. The molecular formula is C14H21F3N2O2. The quantitative estimate of drug-likeness (QED) is 0.440. The summed E-state index contributed by atoms with van der Waals surface area (Å²) in [4.78, 5) is 0. The molecule has 1 unspecified atom stereocenters. The molecule has 0 spiro atoms. The topological polar surface area (TPSA) is 56.5 Å². The number of nitrogens with one attached hydrogen (secondary N) is 1. The number of hydrazine groups is 1. The highest BCUT2D eigenvalue weighted by Crippen LogP contribution is 2.22. The van der Waals surface area contributed by atoms with Crippen molar-refractivity contribution < 1.29 is 22.6 Å². The fraction of sp³-hybridized carbons (Fsp3) is 0.571. The Morgan fingerprint density at radius 3 is 2.57 bits per heavy atom. The summed E-state index contributed by atoms with van der Waals surface area (Å²) < 4.78 is 46.1. The van der Waals surface area contributed by atoms with Crippen molar-refractivity contribution >= 4 is 0 Å². The Labute approximate surface area is 122 Å². The highest BCUT2D eigenvalue weighted by molar-refractivity contribution is 5.30. The predicted molar refractivity (Wildman–Crippen MR) is 73.8 cm³/mol. The van der Waals surface area contributed by atoms with Crippen LogP contribution in [0.15, 0.2) is 24.3 Å². The smallest absolute Gasteiger partial charge is 0.411 e. The minimum absolute atomic E-state index is 0.0381. The monoisotopic (exact) mass is 306 g/mol. The number of alkyl halides is 3. The molecule has 4 nitrogen and oxygen atoms in total. The zero-order chi connectivity index (χ0) is 15.9. The van der Waals surface area contributed by atoms with E-state index in [0.29, 0.717) is 12.2 Å². The Morgan fingerprint density at radius 2 is 2.00 bits per heavy atom. The Morgan fingerprint density at radius 1 is 1.29 bits per heavy atom. The summed E-state index contributed by atoms with van der Waals surface area (Å²) >= 11 is 0. The van der Waals surface area contributed by atoms with Gasteiger partial charge in [-0.15, -0.1) is 0 Å². The molecular weight excluding hydrogens is 285 g/mol. The van der Waals surface area contributed by atoms with Crippen LogP contribution in [0.3, 0.4) is 0 Å². The molecule has 21 heavy (non-hydrogen) atoms. The second kappa shape index (κ2) is 8.21. The lowest BCUT2D eigenvalue weighted by Gasteiger charge is -2.18. The van der Waals surface area contributed by atoms with Gasteiger partial charge in [-0.2, -0.15) is 13.2 Å². The summed E-state index contributed by atoms with van der Waals surface area (Å²) in [5.41, 5.74) is 3.42. The maximum atomic E-state index is 12.0. The van der Waals surface area contributed by atoms with Crippen LogP contribution in [0.2, 0.25) is 0 Å². The molecule has 0 amide bonds. The molecule has 1 rings (SSSR count). The molecule has 1 atom stereocenters. The van der Waals surface area contributed by atoms with Crippen LogP contribution < -0.4 is 16.0 Å². The van der Waals surface area contributed by atoms with Gasteiger partial charge < -0.3 is 9.47 Å². The van der Waals surface area contributed by atoms with Crippen LogP contribution in [0.4, 0.5) is 13.2 Å². The van der Waals surface area contributed by atoms with E-state index in [1.54, 1.807) is 0 Å². The Kier molecular flexibility index (Phi) is 6.94. The summed E-state index contributed by atoms with van der Waals surface area (Å²) in [6, 6.07) is 6.98. The molecule has 0 saturated heterocycles. The van der Waals surface area contributed by atoms with Crippen molar-refractivity contribution in [1.82, 2.24) is 5.43 Å². The number of halogens is 3. The number of hydrogen-bond acceptors (Lipinski definition) is 4. The molecule has 0 saturated carbocycles. The molecule has 0 bridgehead atoms. The van der Waals surface area contributed by atoms with Crippen LogP contribution >= 0.6 is 0 Å². The van der Waals surface area contributed by atoms with Gasteiger partial charge in [-0.05, 0) is 38.0 Å². The van der Waals surface area contributed by atoms with E-state index in [9.17, 15) is 13.2 Å². The Bertz CT molecular complexity index is 425. The fourth-order valence-corrected chi connectivity index (χ4v) is 1.81. The second-order valence-corrected chi connectivity index (χ2v) is 4.91. The lowest BCUT2D eigenvalue weighted by molar-refractivity contribution is -0.174. The molecule has 0 aliphatic carbocycles. The zero-order valence-electron chi connectivity index (χ0n) is 12.1. The molecule has 0 aliphatic heterocycles. The standard InChI is InChI=1S/C14H21F3N2O2/c1-10(2)21-12-5-3-4-11(8-12)13(19-18)6-7-20-9-14(15,16)17/h3-5,8,10,13,19H,6-7,9,18H2,1-2H3. The minimum Gasteiger partial charge on any atom is -0.491 e. The van der Waals surface area contributed by atoms with E-state index in [1.165, 1.54) is 0 Å². The first-order valence-corrected chi connectivity index (χ1v) is 6.69. The number of nitrogens with two attached hydrogens (primary N) is 1. The lowest BCUT2D eigenvalue weighted by atomic mass is 10.0. The van der Waals surface area contributed by atoms with Gasteiger partial charge in [0.1, 0.15) is 12.4 Å². The molecule has 1 aromatic rings. The molecule has 7 heteroatoms. The van der Waals surface area contributed by atoms with Crippen molar-refractivity contribution in [1.29, 1.82) is 0 Å². The van der Waals surface area contributed by atoms with Crippen LogP contribution in [0.25, 0.3) is 0 Å². The first-order chi connectivity index (χ1) is 9.81. The van der Waals surface area contributed by atoms with Gasteiger partial charge >= 0.3 is 6.18 Å². The maximum absolute atomic E-state index is 12.0. The van der Waals surface area contributed by atoms with Crippen LogP contribution in [-0.4, -0.2) is 25.5 Å². The molecule has 120 valence electrons. The van der Waals surface area contributed by atoms with Gasteiger partial charge in [0.15, 0.2) is 0 Å². The van der Waals surface area contributed by atoms with E-state index in [-0.39, 0.29) is 18.8 Å². The Hall–Kier alpha value is -1.31. The van der Waals surface area contributed by atoms with Crippen LogP contribution in [0.1, 0.15) is 31.9 Å². The summed E-state index contributed by atoms with van der Waals surface area (Å²) in [7, 11) is 0. The lowest BCUT2D eigenvalue weighted by Crippen LogP contribution is -2.29. The largest absolute Gasteiger partial charge is 0.491 e. The van der Waals surface area contributed by atoms with Gasteiger partial charge in [0, 0.05) is 12.6 Å². The average molecular weight is 306 g/mol. The van der Waals surface area contributed by atoms with Gasteiger partial charge in [-0.3, -0.25) is 11.3 Å². The van der Waals surface area contributed by atoms with Crippen molar-refractivity contribution in [3.8, 4) is 5.75 Å². The van der Waals surface area contributed by atoms with Gasteiger partial charge in [0.25, 0.3) is 0 Å². The first-order valence-electron chi connectivity index (χ1n) is 6.69. The zero-order valence-corrected chi connectivity index (χ0v) is 12.1. The predicted octanol–water partition coefficient (Wildman–Crippen LogP) is 2.95. The second-order valence-electron chi connectivity index (χ2n) is 4.91. The summed E-state index contributed by atoms with van der Waals surface area (Å²) in [5.74, 6) is 6.15. The van der Waals surface area contributed by atoms with E-state index >= 15 is 0 Å². The van der Waals surface area contributed by atoms with Crippen LogP contribution in [0, 0.1) is 0 Å². The van der Waals surface area contributed by atoms with E-state index in [1.807, 2.05) is 38.1 Å². The number of hydrogen-bond donors (Lipinski definition) is 2. The van der Waals surface area contributed by atoms with Crippen molar-refractivity contribution in [3.05, 3.63) is 29.8 Å². The summed E-state index contributed by atoms with van der Waals surface area (Å²) in [6.45, 7) is 2.54. The first kappa shape index (κ1) is 17.7. The van der Waals surface area contributed by atoms with Gasteiger partial charge in [-0.1, -0.05) is 12.1 Å². The molecule has 3 N–H and O–H groups in total. The highest BCUT2D eigenvalue weighted by Gasteiger charge is 2.27. The normalized spacial score (nSPS) is 13.5. The summed E-state index contributed by atoms with van der Waals surface area (Å²) in [6.07, 6.45) is -3.94. The van der Waals surface area contributed by atoms with Crippen LogP contribution in [0.5, 0.6) is 5.75 Å². The molecule has 0 aromatic heterocycles. The van der Waals surface area contributed by atoms with Gasteiger partial charge in [-0.25, -0.2) is 0 Å². The van der Waals surface area contributed by atoms with Crippen molar-refractivity contribution in [2.24, 2.45) is 5.84 Å². The average Bonchev–Trinajstić information content (AvgIpc) is 2.37. The third-order valence-electron chi connectivity index (χ3n) is 2.65. The van der Waals surface area contributed by atoms with E-state index in [0.717, 1.165) is 5.56 Å². The third kappa shape index (κ3) is 7.31. The maximum Gasteiger partial charge on any atom is 0.411 e. The van der Waals surface area contributed by atoms with Crippen molar-refractivity contribution in [2.75, 3.05) is 13.2 Å². The molecule has 0 fully saturated rings. The molecule has 0 heterocycles. The summed E-state index contributed by atoms with van der Waals surface area (Å²) in [5, 5.41) is 0. The van der Waals surface area contributed by atoms with Gasteiger partial charge in [0.05, 0.1) is 6.10 Å². The SMILES string of the molecule is CC(C)Oc1cccc(C(CCOCC(F)(F)F)NN)c1. The highest BCUT2D eigenvalue weighted by atomic mass is 19.4. The molecule has 0 radical (unpaired) electrons. The van der Waals surface area contributed by atoms with Crippen molar-refractivity contribution in [3.63, 3.8) is 0 Å². The molecule has 0 aliphatic rings. The third-order valence-corrected chi connectivity index (χ3v) is 2.65. The Balaban J connectivity index is 2.55. The van der Waals surface area contributed by atoms with E-state index in [4.69, 9.17) is 10.6 Å². The van der Waals surface area contributed by atoms with E-state index < -0.39 is 12.8 Å². The fourth-order valence-electron chi connectivity index (χ4n) is 1.81. The van der Waals surface area contributed by atoms with Gasteiger partial charge in [0.2, 0.25) is 0 Å². The number of ether oxygens (including phenoxy) is 2. The molecule has 1 aromatic carbocycles. The van der Waals surface area contributed by atoms with Crippen molar-refractivity contribution in [2.45, 2.75) is 38.6 Å². The van der Waals surface area contributed by atoms with E-state index in [2.05, 4.69) is 10.2 Å². The van der Waals surface area contributed by atoms with Crippen LogP contribution in [-0.2, 0) is 4.74 Å². The number of benzene rings is 1.